The molecule has 25 heavy (non-hydrogen) atoms. The van der Waals surface area contributed by atoms with Crippen molar-refractivity contribution < 1.29 is 14.8 Å². The average Bonchev–Trinajstić information content (AvgIpc) is 3.01. The minimum Gasteiger partial charge on any atom is -0.497 e. The van der Waals surface area contributed by atoms with Crippen molar-refractivity contribution in [3.8, 4) is 5.75 Å². The molecule has 128 valence electrons. The van der Waals surface area contributed by atoms with Gasteiger partial charge in [0.15, 0.2) is 0 Å². The molecule has 3 aromatic rings. The molecule has 1 amide bonds. The third-order valence-electron chi connectivity index (χ3n) is 3.87. The molecule has 0 saturated carbocycles. The van der Waals surface area contributed by atoms with Gasteiger partial charge in [0.1, 0.15) is 21.1 Å². The molecule has 0 spiro atoms. The summed E-state index contributed by atoms with van der Waals surface area (Å²) in [7, 11) is 5.48. The van der Waals surface area contributed by atoms with Crippen LogP contribution in [0.4, 0.5) is 11.4 Å². The van der Waals surface area contributed by atoms with Crippen molar-refractivity contribution in [2.45, 2.75) is 0 Å². The molecular weight excluding hydrogens is 336 g/mol. The Hall–Kier alpha value is -2.77. The summed E-state index contributed by atoms with van der Waals surface area (Å²) in [6, 6.07) is 9.18. The third-order valence-corrected chi connectivity index (χ3v) is 5.00. The van der Waals surface area contributed by atoms with Crippen molar-refractivity contribution in [3.05, 3.63) is 47.0 Å². The lowest BCUT2D eigenvalue weighted by Crippen LogP contribution is -2.82. The number of carbonyl (C=O) groups excluding carboxylic acids is 1. The molecule has 0 unspecified atom stereocenters. The maximum atomic E-state index is 12.8. The number of hydrogen-bond donors (Lipinski definition) is 2. The largest absolute Gasteiger partial charge is 0.497 e. The number of nitrogens with one attached hydrogen (secondary N) is 1. The van der Waals surface area contributed by atoms with Crippen LogP contribution in [-0.4, -0.2) is 38.3 Å². The summed E-state index contributed by atoms with van der Waals surface area (Å²) >= 11 is 1.32. The normalized spacial score (nSPS) is 10.7. The molecule has 7 heteroatoms. The van der Waals surface area contributed by atoms with Crippen molar-refractivity contribution in [3.63, 3.8) is 0 Å². The quantitative estimate of drug-likeness (QED) is 0.544. The number of amides is 1. The first-order chi connectivity index (χ1) is 12.0. The number of thiophene rings is 1. The van der Waals surface area contributed by atoms with Crippen LogP contribution in [-0.2, 0) is 0 Å². The highest BCUT2D eigenvalue weighted by atomic mass is 32.1. The molecular formula is C18H19N4O2S+. The zero-order chi connectivity index (χ0) is 18.0. The van der Waals surface area contributed by atoms with Gasteiger partial charge in [-0.05, 0) is 18.2 Å². The molecule has 1 aromatic carbocycles. The molecule has 6 nitrogen and oxygen atoms in total. The van der Waals surface area contributed by atoms with E-state index in [-0.39, 0.29) is 5.91 Å². The van der Waals surface area contributed by atoms with E-state index >= 15 is 0 Å². The van der Waals surface area contributed by atoms with Gasteiger partial charge >= 0.3 is 5.91 Å². The number of ether oxygens (including phenoxy) is 1. The van der Waals surface area contributed by atoms with Crippen molar-refractivity contribution in [1.82, 2.24) is 4.98 Å². The monoisotopic (exact) mass is 355 g/mol. The highest BCUT2D eigenvalue weighted by molar-refractivity contribution is 7.20. The molecule has 3 rings (SSSR count). The van der Waals surface area contributed by atoms with Crippen LogP contribution in [0.2, 0.25) is 0 Å². The SMILES string of the molecule is COc1ccc([NH2+]C(=O)c2sc3nccc(N(C)C)c3c2C=N)cc1. The standard InChI is InChI=1S/C18H18N4O2S/c1-22(2)14-8-9-20-18-15(14)13(10-19)16(25-18)17(23)21-11-4-6-12(24-3)7-5-11/h4-10,19H,1-3H3,(H,21,23)/p+1. The van der Waals surface area contributed by atoms with Crippen molar-refractivity contribution in [1.29, 1.82) is 5.41 Å². The second-order valence-corrected chi connectivity index (χ2v) is 6.67. The minimum absolute atomic E-state index is 0.128. The summed E-state index contributed by atoms with van der Waals surface area (Å²) in [4.78, 5) is 20.4. The van der Waals surface area contributed by atoms with E-state index in [9.17, 15) is 4.79 Å². The van der Waals surface area contributed by atoms with Gasteiger partial charge in [0.25, 0.3) is 0 Å². The molecule has 0 radical (unpaired) electrons. The van der Waals surface area contributed by atoms with Crippen LogP contribution in [0.25, 0.3) is 10.2 Å². The highest BCUT2D eigenvalue weighted by Gasteiger charge is 2.23. The summed E-state index contributed by atoms with van der Waals surface area (Å²) in [6.07, 6.45) is 2.96. The Morgan fingerprint density at radius 2 is 2.00 bits per heavy atom. The highest BCUT2D eigenvalue weighted by Crippen LogP contribution is 2.34. The van der Waals surface area contributed by atoms with Gasteiger partial charge < -0.3 is 15.0 Å². The Bertz CT molecular complexity index is 932. The fourth-order valence-corrected chi connectivity index (χ4v) is 3.69. The number of primary amides is 1. The number of aromatic nitrogens is 1. The molecule has 0 saturated heterocycles. The zero-order valence-corrected chi connectivity index (χ0v) is 15.1. The van der Waals surface area contributed by atoms with Gasteiger partial charge in [0.05, 0.1) is 7.11 Å². The summed E-state index contributed by atoms with van der Waals surface area (Å²) in [5, 5.41) is 10.2. The molecule has 0 bridgehead atoms. The van der Waals surface area contributed by atoms with E-state index in [0.29, 0.717) is 10.4 Å². The van der Waals surface area contributed by atoms with Crippen LogP contribution in [0.1, 0.15) is 15.2 Å². The molecule has 2 heterocycles. The van der Waals surface area contributed by atoms with E-state index < -0.39 is 0 Å². The second kappa shape index (κ2) is 7.00. The summed E-state index contributed by atoms with van der Waals surface area (Å²) in [6.45, 7) is 0. The number of benzene rings is 1. The van der Waals surface area contributed by atoms with Crippen LogP contribution in [0.3, 0.4) is 0 Å². The van der Waals surface area contributed by atoms with Crippen molar-refractivity contribution in [2.24, 2.45) is 0 Å². The summed E-state index contributed by atoms with van der Waals surface area (Å²) in [5.74, 6) is 0.614. The minimum atomic E-state index is -0.128. The third kappa shape index (κ3) is 3.24. The fourth-order valence-electron chi connectivity index (χ4n) is 2.64. The maximum Gasteiger partial charge on any atom is 0.358 e. The number of pyridine rings is 1. The molecule has 2 aromatic heterocycles. The van der Waals surface area contributed by atoms with Gasteiger partial charge in [-0.3, -0.25) is 0 Å². The predicted molar refractivity (Wildman–Crippen MR) is 101 cm³/mol. The molecule has 0 atom stereocenters. The molecule has 0 aliphatic rings. The number of quaternary nitrogens is 1. The fraction of sp³-hybridized carbons (Fsp3) is 0.167. The Balaban J connectivity index is 2.01. The number of fused-ring (bicyclic) bond motifs is 1. The number of anilines is 1. The van der Waals surface area contributed by atoms with E-state index in [0.717, 1.165) is 27.3 Å². The average molecular weight is 355 g/mol. The number of methoxy groups -OCH3 is 1. The number of hydrogen-bond acceptors (Lipinski definition) is 6. The first-order valence-electron chi connectivity index (χ1n) is 7.67. The molecule has 0 fully saturated rings. The lowest BCUT2D eigenvalue weighted by atomic mass is 10.1. The number of rotatable bonds is 5. The van der Waals surface area contributed by atoms with Gasteiger partial charge in [-0.15, -0.1) is 11.3 Å². The van der Waals surface area contributed by atoms with Gasteiger partial charge in [-0.1, -0.05) is 0 Å². The zero-order valence-electron chi connectivity index (χ0n) is 14.2. The Kier molecular flexibility index (Phi) is 4.78. The summed E-state index contributed by atoms with van der Waals surface area (Å²) < 4.78 is 5.13. The molecule has 0 aliphatic heterocycles. The number of nitrogens with two attached hydrogens (primary N) is 1. The van der Waals surface area contributed by atoms with E-state index in [1.54, 1.807) is 18.6 Å². The van der Waals surface area contributed by atoms with E-state index in [1.807, 2.05) is 49.3 Å². The Labute approximate surface area is 149 Å². The van der Waals surface area contributed by atoms with Crippen molar-refractivity contribution in [2.75, 3.05) is 26.1 Å². The van der Waals surface area contributed by atoms with Crippen LogP contribution in [0.15, 0.2) is 36.5 Å². The second-order valence-electron chi connectivity index (χ2n) is 5.68. The van der Waals surface area contributed by atoms with Gasteiger partial charge in [-0.2, -0.15) is 0 Å². The summed E-state index contributed by atoms with van der Waals surface area (Å²) in [5.41, 5.74) is 2.36. The van der Waals surface area contributed by atoms with Gasteiger partial charge in [-0.25, -0.2) is 15.1 Å². The van der Waals surface area contributed by atoms with Crippen LogP contribution in [0, 0.1) is 5.41 Å². The van der Waals surface area contributed by atoms with Crippen LogP contribution >= 0.6 is 11.3 Å². The maximum absolute atomic E-state index is 12.8. The van der Waals surface area contributed by atoms with E-state index in [2.05, 4.69) is 4.98 Å². The Morgan fingerprint density at radius 1 is 1.28 bits per heavy atom. The lowest BCUT2D eigenvalue weighted by molar-refractivity contribution is -0.463. The van der Waals surface area contributed by atoms with E-state index in [1.165, 1.54) is 17.6 Å². The van der Waals surface area contributed by atoms with Gasteiger partial charge in [0, 0.05) is 55.3 Å². The van der Waals surface area contributed by atoms with Crippen LogP contribution < -0.4 is 15.0 Å². The molecule has 0 aliphatic carbocycles. The molecule has 3 N–H and O–H groups in total. The first kappa shape index (κ1) is 17.1. The predicted octanol–water partition coefficient (Wildman–Crippen LogP) is 2.40. The number of carbonyl (C=O) groups is 1. The van der Waals surface area contributed by atoms with Crippen molar-refractivity contribution >= 4 is 45.0 Å². The van der Waals surface area contributed by atoms with Crippen LogP contribution in [0.5, 0.6) is 5.75 Å². The first-order valence-corrected chi connectivity index (χ1v) is 8.49. The topological polar surface area (TPSA) is 82.9 Å². The van der Waals surface area contributed by atoms with Gasteiger partial charge in [0.2, 0.25) is 0 Å². The van der Waals surface area contributed by atoms with E-state index in [4.69, 9.17) is 10.1 Å². The lowest BCUT2D eigenvalue weighted by Gasteiger charge is -2.13. The smallest absolute Gasteiger partial charge is 0.358 e. The Morgan fingerprint density at radius 3 is 2.60 bits per heavy atom. The number of nitrogens with zero attached hydrogens (tertiary/aromatic N) is 2.